The molecule has 2 N–H and O–H groups in total. The van der Waals surface area contributed by atoms with Crippen LogP contribution in [0.1, 0.15) is 18.9 Å². The average Bonchev–Trinajstić information content (AvgIpc) is 2.76. The molecule has 0 aromatic carbocycles. The van der Waals surface area contributed by atoms with Crippen LogP contribution in [0.3, 0.4) is 0 Å². The fourth-order valence-corrected chi connectivity index (χ4v) is 1.57. The summed E-state index contributed by atoms with van der Waals surface area (Å²) >= 11 is 0. The predicted molar refractivity (Wildman–Crippen MR) is 68.3 cm³/mol. The number of hydrogen-bond donors (Lipinski definition) is 2. The second kappa shape index (κ2) is 4.94. The van der Waals surface area contributed by atoms with Gasteiger partial charge in [0.15, 0.2) is 0 Å². The van der Waals surface area contributed by atoms with Gasteiger partial charge in [0, 0.05) is 23.8 Å². The summed E-state index contributed by atoms with van der Waals surface area (Å²) in [5.74, 6) is 0. The minimum atomic E-state index is 0.514. The van der Waals surface area contributed by atoms with E-state index in [-0.39, 0.29) is 0 Å². The van der Waals surface area contributed by atoms with Crippen LogP contribution < -0.4 is 5.32 Å². The molecule has 2 aromatic heterocycles. The van der Waals surface area contributed by atoms with Gasteiger partial charge < -0.3 is 10.3 Å². The van der Waals surface area contributed by atoms with E-state index in [1.54, 1.807) is 0 Å². The van der Waals surface area contributed by atoms with Gasteiger partial charge in [-0.25, -0.2) is 4.98 Å². The van der Waals surface area contributed by atoms with E-state index in [0.717, 1.165) is 23.0 Å². The van der Waals surface area contributed by atoms with E-state index in [1.165, 1.54) is 0 Å². The van der Waals surface area contributed by atoms with Crippen LogP contribution in [0.5, 0.6) is 0 Å². The van der Waals surface area contributed by atoms with Gasteiger partial charge in [0.1, 0.15) is 5.65 Å². The minimum absolute atomic E-state index is 0.514. The van der Waals surface area contributed by atoms with Crippen molar-refractivity contribution in [3.63, 3.8) is 0 Å². The fourth-order valence-electron chi connectivity index (χ4n) is 1.57. The lowest BCUT2D eigenvalue weighted by molar-refractivity contribution is 0.621. The van der Waals surface area contributed by atoms with Crippen molar-refractivity contribution in [1.82, 2.24) is 15.3 Å². The van der Waals surface area contributed by atoms with Gasteiger partial charge in [-0.1, -0.05) is 12.2 Å². The van der Waals surface area contributed by atoms with Gasteiger partial charge in [0.25, 0.3) is 0 Å². The van der Waals surface area contributed by atoms with Crippen LogP contribution in [0.4, 0.5) is 0 Å². The molecule has 3 heteroatoms. The lowest BCUT2D eigenvalue weighted by atomic mass is 10.2. The first-order chi connectivity index (χ1) is 7.79. The maximum absolute atomic E-state index is 4.34. The Balaban J connectivity index is 2.08. The molecule has 0 spiro atoms. The Morgan fingerprint density at radius 1 is 1.56 bits per heavy atom. The van der Waals surface area contributed by atoms with Crippen LogP contribution in [0.25, 0.3) is 17.1 Å². The van der Waals surface area contributed by atoms with Gasteiger partial charge in [0.05, 0.1) is 0 Å². The zero-order chi connectivity index (χ0) is 11.4. The zero-order valence-electron chi connectivity index (χ0n) is 9.70. The Hall–Kier alpha value is -1.61. The summed E-state index contributed by atoms with van der Waals surface area (Å²) in [6.45, 7) is 2.16. The van der Waals surface area contributed by atoms with E-state index in [9.17, 15) is 0 Å². The van der Waals surface area contributed by atoms with E-state index >= 15 is 0 Å². The number of pyridine rings is 1. The first-order valence-corrected chi connectivity index (χ1v) is 5.56. The van der Waals surface area contributed by atoms with Crippen LogP contribution in [-0.4, -0.2) is 23.1 Å². The van der Waals surface area contributed by atoms with Crippen molar-refractivity contribution in [3.8, 4) is 0 Å². The van der Waals surface area contributed by atoms with Gasteiger partial charge in [-0.3, -0.25) is 0 Å². The van der Waals surface area contributed by atoms with Gasteiger partial charge in [0.2, 0.25) is 0 Å². The molecule has 2 aromatic rings. The summed E-state index contributed by atoms with van der Waals surface area (Å²) < 4.78 is 0. The molecule has 0 saturated heterocycles. The summed E-state index contributed by atoms with van der Waals surface area (Å²) in [5.41, 5.74) is 2.09. The molecule has 2 rings (SSSR count). The van der Waals surface area contributed by atoms with Crippen LogP contribution in [0.15, 0.2) is 30.6 Å². The summed E-state index contributed by atoms with van der Waals surface area (Å²) in [6, 6.07) is 4.69. The van der Waals surface area contributed by atoms with Gasteiger partial charge in [-0.15, -0.1) is 0 Å². The molecule has 0 aliphatic carbocycles. The Labute approximate surface area is 95.6 Å². The molecule has 0 aliphatic rings. The monoisotopic (exact) mass is 215 g/mol. The molecule has 0 aliphatic heterocycles. The van der Waals surface area contributed by atoms with Crippen molar-refractivity contribution in [2.75, 3.05) is 7.05 Å². The number of nitrogens with one attached hydrogen (secondary N) is 2. The van der Waals surface area contributed by atoms with Crippen LogP contribution >= 0.6 is 0 Å². The predicted octanol–water partition coefficient (Wildman–Crippen LogP) is 2.57. The molecule has 1 atom stereocenters. The molecular formula is C13H17N3. The van der Waals surface area contributed by atoms with E-state index in [2.05, 4.69) is 40.4 Å². The van der Waals surface area contributed by atoms with Crippen molar-refractivity contribution in [3.05, 3.63) is 36.2 Å². The number of hydrogen-bond acceptors (Lipinski definition) is 2. The first-order valence-electron chi connectivity index (χ1n) is 5.56. The number of aromatic amines is 1. The number of nitrogens with zero attached hydrogens (tertiary/aromatic N) is 1. The highest BCUT2D eigenvalue weighted by molar-refractivity contribution is 5.77. The first kappa shape index (κ1) is 10.9. The van der Waals surface area contributed by atoms with Crippen molar-refractivity contribution in [2.45, 2.75) is 19.4 Å². The molecule has 16 heavy (non-hydrogen) atoms. The molecule has 2 heterocycles. The minimum Gasteiger partial charge on any atom is -0.346 e. The van der Waals surface area contributed by atoms with E-state index in [4.69, 9.17) is 0 Å². The van der Waals surface area contributed by atoms with Gasteiger partial charge in [-0.05, 0) is 38.1 Å². The van der Waals surface area contributed by atoms with E-state index in [0.29, 0.717) is 6.04 Å². The maximum Gasteiger partial charge on any atom is 0.137 e. The summed E-state index contributed by atoms with van der Waals surface area (Å²) in [7, 11) is 1.98. The number of rotatable bonds is 4. The molecule has 0 saturated carbocycles. The third kappa shape index (κ3) is 2.49. The molecule has 0 radical (unpaired) electrons. The third-order valence-electron chi connectivity index (χ3n) is 2.71. The van der Waals surface area contributed by atoms with Crippen molar-refractivity contribution >= 4 is 17.1 Å². The quantitative estimate of drug-likeness (QED) is 0.823. The van der Waals surface area contributed by atoms with E-state index in [1.807, 2.05) is 25.5 Å². The van der Waals surface area contributed by atoms with Crippen molar-refractivity contribution in [2.24, 2.45) is 0 Å². The summed E-state index contributed by atoms with van der Waals surface area (Å²) in [5, 5.41) is 4.36. The Morgan fingerprint density at radius 2 is 2.44 bits per heavy atom. The molecule has 0 fully saturated rings. The Bertz CT molecular complexity index is 485. The normalized spacial score (nSPS) is 13.6. The number of fused-ring (bicyclic) bond motifs is 1. The Morgan fingerprint density at radius 3 is 3.25 bits per heavy atom. The van der Waals surface area contributed by atoms with Crippen LogP contribution in [0.2, 0.25) is 0 Å². The third-order valence-corrected chi connectivity index (χ3v) is 2.71. The lowest BCUT2D eigenvalue weighted by Gasteiger charge is -2.04. The second-order valence-electron chi connectivity index (χ2n) is 4.01. The van der Waals surface area contributed by atoms with E-state index < -0.39 is 0 Å². The second-order valence-corrected chi connectivity index (χ2v) is 4.01. The van der Waals surface area contributed by atoms with Gasteiger partial charge in [-0.2, -0.15) is 0 Å². The SMILES string of the molecule is CNC(C)CC=Cc1cnc2[nH]ccc2c1. The van der Waals surface area contributed by atoms with Crippen LogP contribution in [-0.2, 0) is 0 Å². The van der Waals surface area contributed by atoms with Gasteiger partial charge >= 0.3 is 0 Å². The summed E-state index contributed by atoms with van der Waals surface area (Å²) in [6.07, 6.45) is 9.12. The van der Waals surface area contributed by atoms with Crippen LogP contribution in [0, 0.1) is 0 Å². The fraction of sp³-hybridized carbons (Fsp3) is 0.308. The van der Waals surface area contributed by atoms with Crippen molar-refractivity contribution < 1.29 is 0 Å². The average molecular weight is 215 g/mol. The molecule has 0 bridgehead atoms. The molecule has 1 unspecified atom stereocenters. The summed E-state index contributed by atoms with van der Waals surface area (Å²) in [4.78, 5) is 7.42. The standard InChI is InChI=1S/C13H17N3/c1-10(14-2)4-3-5-11-8-12-6-7-15-13(12)16-9-11/h3,5-10,14H,4H2,1-2H3,(H,15,16). The highest BCUT2D eigenvalue weighted by Gasteiger charge is 1.96. The Kier molecular flexibility index (Phi) is 3.37. The highest BCUT2D eigenvalue weighted by Crippen LogP contribution is 2.12. The molecule has 0 amide bonds. The zero-order valence-corrected chi connectivity index (χ0v) is 9.70. The lowest BCUT2D eigenvalue weighted by Crippen LogP contribution is -2.19. The maximum atomic E-state index is 4.34. The topological polar surface area (TPSA) is 40.7 Å². The highest BCUT2D eigenvalue weighted by atomic mass is 14.8. The smallest absolute Gasteiger partial charge is 0.137 e. The molecular weight excluding hydrogens is 198 g/mol. The molecule has 3 nitrogen and oxygen atoms in total. The van der Waals surface area contributed by atoms with Crippen molar-refractivity contribution in [1.29, 1.82) is 0 Å². The number of H-pyrrole nitrogens is 1. The largest absolute Gasteiger partial charge is 0.346 e. The number of aromatic nitrogens is 2. The molecule has 84 valence electrons.